The van der Waals surface area contributed by atoms with Gasteiger partial charge in [0, 0.05) is 37.4 Å². The lowest BCUT2D eigenvalue weighted by molar-refractivity contribution is 0.397. The highest BCUT2D eigenvalue weighted by Crippen LogP contribution is 2.09. The minimum atomic E-state index is 0.606. The molecule has 0 unspecified atom stereocenters. The molecule has 0 amide bonds. The Morgan fingerprint density at radius 2 is 1.96 bits per heavy atom. The molecule has 5 nitrogen and oxygen atoms in total. The Morgan fingerprint density at radius 3 is 2.65 bits per heavy atom. The number of aliphatic imine (C=N–C) groups is 1. The number of rotatable bonds is 6. The summed E-state index contributed by atoms with van der Waals surface area (Å²) in [5.41, 5.74) is 2.31. The number of methoxy groups -OCH3 is 1. The van der Waals surface area contributed by atoms with Gasteiger partial charge >= 0.3 is 0 Å². The number of hydrogen-bond donors (Lipinski definition) is 2. The van der Waals surface area contributed by atoms with Crippen molar-refractivity contribution in [2.75, 3.05) is 20.7 Å². The van der Waals surface area contributed by atoms with E-state index in [1.54, 1.807) is 20.4 Å². The number of ether oxygens (including phenoxy) is 1. The number of benzene rings is 1. The quantitative estimate of drug-likeness (QED) is 0.630. The highest BCUT2D eigenvalue weighted by atomic mass is 35.5. The van der Waals surface area contributed by atoms with E-state index in [1.165, 1.54) is 5.56 Å². The summed E-state index contributed by atoms with van der Waals surface area (Å²) in [6, 6.07) is 11.7. The van der Waals surface area contributed by atoms with Crippen LogP contribution in [0.25, 0.3) is 0 Å². The second-order valence-corrected chi connectivity index (χ2v) is 5.37. The van der Waals surface area contributed by atoms with Crippen LogP contribution >= 0.6 is 11.6 Å². The number of hydrogen-bond acceptors (Lipinski definition) is 3. The summed E-state index contributed by atoms with van der Waals surface area (Å²) in [7, 11) is 3.36. The van der Waals surface area contributed by atoms with E-state index in [9.17, 15) is 0 Å². The summed E-state index contributed by atoms with van der Waals surface area (Å²) < 4.78 is 5.12. The average molecular weight is 333 g/mol. The van der Waals surface area contributed by atoms with Crippen LogP contribution in [-0.2, 0) is 13.0 Å². The van der Waals surface area contributed by atoms with E-state index in [2.05, 4.69) is 20.6 Å². The number of guanidine groups is 1. The molecule has 23 heavy (non-hydrogen) atoms. The second kappa shape index (κ2) is 9.00. The fraction of sp³-hybridized carbons (Fsp3) is 0.294. The van der Waals surface area contributed by atoms with Gasteiger partial charge in [-0.25, -0.2) is 4.98 Å². The van der Waals surface area contributed by atoms with Gasteiger partial charge in [-0.3, -0.25) is 4.99 Å². The molecule has 0 atom stereocenters. The minimum Gasteiger partial charge on any atom is -0.481 e. The van der Waals surface area contributed by atoms with Crippen LogP contribution < -0.4 is 15.4 Å². The fourth-order valence-electron chi connectivity index (χ4n) is 2.05. The third kappa shape index (κ3) is 5.79. The molecule has 1 heterocycles. The van der Waals surface area contributed by atoms with Crippen LogP contribution in [0.15, 0.2) is 47.6 Å². The van der Waals surface area contributed by atoms with Gasteiger partial charge in [0.25, 0.3) is 0 Å². The van der Waals surface area contributed by atoms with E-state index in [-0.39, 0.29) is 0 Å². The highest BCUT2D eigenvalue weighted by molar-refractivity contribution is 6.30. The maximum Gasteiger partial charge on any atom is 0.213 e. The van der Waals surface area contributed by atoms with Gasteiger partial charge in [-0.2, -0.15) is 0 Å². The third-order valence-electron chi connectivity index (χ3n) is 3.31. The molecule has 2 aromatic rings. The van der Waals surface area contributed by atoms with Crippen LogP contribution in [0.2, 0.25) is 5.02 Å². The Bertz CT molecular complexity index is 643. The summed E-state index contributed by atoms with van der Waals surface area (Å²) >= 11 is 5.88. The van der Waals surface area contributed by atoms with Crippen LogP contribution in [0.4, 0.5) is 0 Å². The Kier molecular flexibility index (Phi) is 6.69. The zero-order valence-corrected chi connectivity index (χ0v) is 14.1. The average Bonchev–Trinajstić information content (AvgIpc) is 2.59. The van der Waals surface area contributed by atoms with Gasteiger partial charge in [0.2, 0.25) is 5.88 Å². The summed E-state index contributed by atoms with van der Waals surface area (Å²) in [4.78, 5) is 8.31. The molecule has 0 saturated carbocycles. The molecule has 1 aromatic heterocycles. The number of halogens is 1. The minimum absolute atomic E-state index is 0.606. The summed E-state index contributed by atoms with van der Waals surface area (Å²) in [6.45, 7) is 1.44. The lowest BCUT2D eigenvalue weighted by Crippen LogP contribution is -2.37. The van der Waals surface area contributed by atoms with Crippen molar-refractivity contribution in [1.29, 1.82) is 0 Å². The second-order valence-electron chi connectivity index (χ2n) is 4.94. The number of nitrogens with zero attached hydrogens (tertiary/aromatic N) is 2. The fourth-order valence-corrected chi connectivity index (χ4v) is 2.18. The van der Waals surface area contributed by atoms with Crippen molar-refractivity contribution in [2.45, 2.75) is 13.0 Å². The number of pyridine rings is 1. The lowest BCUT2D eigenvalue weighted by atomic mass is 10.1. The summed E-state index contributed by atoms with van der Waals surface area (Å²) in [5.74, 6) is 1.37. The predicted molar refractivity (Wildman–Crippen MR) is 94.1 cm³/mol. The van der Waals surface area contributed by atoms with E-state index in [0.717, 1.165) is 29.5 Å². The molecule has 0 radical (unpaired) electrons. The Morgan fingerprint density at radius 1 is 1.17 bits per heavy atom. The molecule has 122 valence electrons. The molecule has 0 bridgehead atoms. The maximum atomic E-state index is 5.88. The number of nitrogens with one attached hydrogen (secondary N) is 2. The maximum absolute atomic E-state index is 5.88. The zero-order chi connectivity index (χ0) is 16.5. The van der Waals surface area contributed by atoms with Gasteiger partial charge in [0.1, 0.15) is 0 Å². The monoisotopic (exact) mass is 332 g/mol. The molecule has 2 N–H and O–H groups in total. The van der Waals surface area contributed by atoms with Crippen molar-refractivity contribution >= 4 is 17.6 Å². The molecule has 2 rings (SSSR count). The van der Waals surface area contributed by atoms with Crippen molar-refractivity contribution in [2.24, 2.45) is 4.99 Å². The Hall–Kier alpha value is -2.27. The first-order chi connectivity index (χ1) is 11.2. The Balaban J connectivity index is 1.78. The smallest absolute Gasteiger partial charge is 0.213 e. The van der Waals surface area contributed by atoms with Crippen LogP contribution in [0.5, 0.6) is 5.88 Å². The molecule has 0 aliphatic rings. The van der Waals surface area contributed by atoms with Gasteiger partial charge < -0.3 is 15.4 Å². The molecule has 0 fully saturated rings. The van der Waals surface area contributed by atoms with Gasteiger partial charge in [0.15, 0.2) is 5.96 Å². The van der Waals surface area contributed by atoms with Crippen molar-refractivity contribution in [3.8, 4) is 5.88 Å². The third-order valence-corrected chi connectivity index (χ3v) is 3.56. The molecular formula is C17H21ClN4O. The van der Waals surface area contributed by atoms with E-state index < -0.39 is 0 Å². The zero-order valence-electron chi connectivity index (χ0n) is 13.3. The molecule has 6 heteroatoms. The van der Waals surface area contributed by atoms with Gasteiger partial charge in [-0.05, 0) is 35.7 Å². The van der Waals surface area contributed by atoms with Crippen LogP contribution in [0.1, 0.15) is 11.1 Å². The SMILES string of the molecule is CN=C(NCCc1ccc(Cl)cc1)NCc1ccnc(OC)c1. The molecule has 0 aliphatic carbocycles. The highest BCUT2D eigenvalue weighted by Gasteiger charge is 2.01. The first-order valence-electron chi connectivity index (χ1n) is 7.39. The molecule has 0 aliphatic heterocycles. The predicted octanol–water partition coefficient (Wildman–Crippen LogP) is 2.65. The van der Waals surface area contributed by atoms with E-state index in [0.29, 0.717) is 12.4 Å². The van der Waals surface area contributed by atoms with E-state index in [1.807, 2.05) is 36.4 Å². The van der Waals surface area contributed by atoms with Crippen molar-refractivity contribution in [3.05, 3.63) is 58.7 Å². The van der Waals surface area contributed by atoms with Gasteiger partial charge in [-0.1, -0.05) is 23.7 Å². The van der Waals surface area contributed by atoms with Gasteiger partial charge in [0.05, 0.1) is 7.11 Å². The van der Waals surface area contributed by atoms with Gasteiger partial charge in [-0.15, -0.1) is 0 Å². The molecule has 1 aromatic carbocycles. The van der Waals surface area contributed by atoms with Crippen molar-refractivity contribution < 1.29 is 4.74 Å². The van der Waals surface area contributed by atoms with E-state index >= 15 is 0 Å². The normalized spacial score (nSPS) is 11.2. The van der Waals surface area contributed by atoms with Crippen LogP contribution in [-0.4, -0.2) is 31.6 Å². The Labute approximate surface area is 141 Å². The lowest BCUT2D eigenvalue weighted by Gasteiger charge is -2.12. The largest absolute Gasteiger partial charge is 0.481 e. The van der Waals surface area contributed by atoms with E-state index in [4.69, 9.17) is 16.3 Å². The molecular weight excluding hydrogens is 312 g/mol. The first kappa shape index (κ1) is 17.1. The summed E-state index contributed by atoms with van der Waals surface area (Å²) in [6.07, 6.45) is 2.63. The first-order valence-corrected chi connectivity index (χ1v) is 7.77. The molecule has 0 spiro atoms. The standard InChI is InChI=1S/C17H21ClN4O/c1-19-17(21-10-7-13-3-5-15(18)6-4-13)22-12-14-8-9-20-16(11-14)23-2/h3-6,8-9,11H,7,10,12H2,1-2H3,(H2,19,21,22). The van der Waals surface area contributed by atoms with Crippen LogP contribution in [0, 0.1) is 0 Å². The topological polar surface area (TPSA) is 58.5 Å². The van der Waals surface area contributed by atoms with Crippen molar-refractivity contribution in [3.63, 3.8) is 0 Å². The number of aromatic nitrogens is 1. The van der Waals surface area contributed by atoms with Crippen LogP contribution in [0.3, 0.4) is 0 Å². The summed E-state index contributed by atoms with van der Waals surface area (Å²) in [5, 5.41) is 7.31. The van der Waals surface area contributed by atoms with Crippen molar-refractivity contribution in [1.82, 2.24) is 15.6 Å². The molecule has 0 saturated heterocycles.